The number of halogens is 2. The Kier molecular flexibility index (Phi) is 3.58. The first kappa shape index (κ1) is 14.2. The minimum absolute atomic E-state index is 0.0744. The number of benzene rings is 1. The molecule has 0 saturated heterocycles. The van der Waals surface area contributed by atoms with Crippen LogP contribution in [-0.4, -0.2) is 15.3 Å². The highest BCUT2D eigenvalue weighted by atomic mass is 19.2. The first-order valence-electron chi connectivity index (χ1n) is 6.72. The number of nitrogens with zero attached hydrogens (tertiary/aromatic N) is 2. The summed E-state index contributed by atoms with van der Waals surface area (Å²) < 4.78 is 27.9. The van der Waals surface area contributed by atoms with Crippen molar-refractivity contribution in [2.75, 3.05) is 0 Å². The van der Waals surface area contributed by atoms with Gasteiger partial charge in [-0.1, -0.05) is 6.07 Å². The predicted octanol–water partition coefficient (Wildman–Crippen LogP) is 2.85. The van der Waals surface area contributed by atoms with Gasteiger partial charge in [0.25, 0.3) is 5.91 Å². The van der Waals surface area contributed by atoms with Crippen molar-refractivity contribution >= 4 is 11.6 Å². The largest absolute Gasteiger partial charge is 0.346 e. The Bertz CT molecular complexity index is 858. The summed E-state index contributed by atoms with van der Waals surface area (Å²) in [4.78, 5) is 16.4. The summed E-state index contributed by atoms with van der Waals surface area (Å²) in [6.07, 6.45) is 1.86. The molecule has 6 heteroatoms. The maximum absolute atomic E-state index is 13.2. The van der Waals surface area contributed by atoms with Crippen LogP contribution in [0.15, 0.2) is 42.6 Å². The fourth-order valence-corrected chi connectivity index (χ4v) is 2.28. The van der Waals surface area contributed by atoms with Gasteiger partial charge in [-0.2, -0.15) is 0 Å². The molecule has 112 valence electrons. The molecule has 0 unspecified atom stereocenters. The summed E-state index contributed by atoms with van der Waals surface area (Å²) in [5.41, 5.74) is 2.51. The Morgan fingerprint density at radius 3 is 2.82 bits per heavy atom. The Morgan fingerprint density at radius 2 is 2.05 bits per heavy atom. The van der Waals surface area contributed by atoms with Gasteiger partial charge in [0.15, 0.2) is 11.6 Å². The Labute approximate surface area is 125 Å². The predicted molar refractivity (Wildman–Crippen MR) is 77.5 cm³/mol. The van der Waals surface area contributed by atoms with Crippen molar-refractivity contribution in [3.63, 3.8) is 0 Å². The van der Waals surface area contributed by atoms with Crippen molar-refractivity contribution in [1.82, 2.24) is 14.7 Å². The molecule has 1 N–H and O–H groups in total. The van der Waals surface area contributed by atoms with E-state index in [2.05, 4.69) is 10.3 Å². The zero-order chi connectivity index (χ0) is 15.7. The number of carbonyl (C=O) groups is 1. The second-order valence-corrected chi connectivity index (χ2v) is 4.88. The van der Waals surface area contributed by atoms with Crippen LogP contribution in [0.4, 0.5) is 8.78 Å². The first-order chi connectivity index (χ1) is 10.6. The van der Waals surface area contributed by atoms with Crippen LogP contribution in [0.1, 0.15) is 21.7 Å². The van der Waals surface area contributed by atoms with Gasteiger partial charge in [-0.15, -0.1) is 0 Å². The quantitative estimate of drug-likeness (QED) is 0.808. The number of nitrogens with one attached hydrogen (secondary N) is 1. The summed E-state index contributed by atoms with van der Waals surface area (Å²) in [5.74, 6) is -2.49. The van der Waals surface area contributed by atoms with Crippen molar-refractivity contribution in [1.29, 1.82) is 0 Å². The molecule has 2 aromatic heterocycles. The van der Waals surface area contributed by atoms with Gasteiger partial charge in [-0.3, -0.25) is 4.79 Å². The lowest BCUT2D eigenvalue weighted by Crippen LogP contribution is -2.24. The maximum Gasteiger partial charge on any atom is 0.251 e. The second-order valence-electron chi connectivity index (χ2n) is 4.88. The highest BCUT2D eigenvalue weighted by Crippen LogP contribution is 2.12. The average molecular weight is 301 g/mol. The Balaban J connectivity index is 1.80. The fourth-order valence-electron chi connectivity index (χ4n) is 2.28. The lowest BCUT2D eigenvalue weighted by atomic mass is 10.2. The van der Waals surface area contributed by atoms with E-state index in [4.69, 9.17) is 0 Å². The van der Waals surface area contributed by atoms with Crippen LogP contribution < -0.4 is 5.32 Å². The molecule has 0 fully saturated rings. The van der Waals surface area contributed by atoms with Crippen LogP contribution in [0.5, 0.6) is 0 Å². The highest BCUT2D eigenvalue weighted by molar-refractivity contribution is 5.94. The third-order valence-corrected chi connectivity index (χ3v) is 3.43. The molecular formula is C16H13F2N3O. The third-order valence-electron chi connectivity index (χ3n) is 3.43. The van der Waals surface area contributed by atoms with Gasteiger partial charge in [0, 0.05) is 11.8 Å². The topological polar surface area (TPSA) is 46.4 Å². The normalized spacial score (nSPS) is 10.9. The summed E-state index contributed by atoms with van der Waals surface area (Å²) in [6.45, 7) is 2.10. The second kappa shape index (κ2) is 5.55. The molecule has 1 aromatic carbocycles. The summed E-state index contributed by atoms with van der Waals surface area (Å²) in [5, 5.41) is 2.69. The van der Waals surface area contributed by atoms with Crippen molar-refractivity contribution in [2.24, 2.45) is 0 Å². The van der Waals surface area contributed by atoms with Gasteiger partial charge in [-0.05, 0) is 37.3 Å². The molecule has 0 bridgehead atoms. The zero-order valence-electron chi connectivity index (χ0n) is 11.8. The summed E-state index contributed by atoms with van der Waals surface area (Å²) in [7, 11) is 0. The molecule has 3 rings (SSSR count). The molecule has 0 spiro atoms. The van der Waals surface area contributed by atoms with Crippen molar-refractivity contribution in [3.8, 4) is 0 Å². The lowest BCUT2D eigenvalue weighted by Gasteiger charge is -2.07. The van der Waals surface area contributed by atoms with Gasteiger partial charge >= 0.3 is 0 Å². The Hall–Kier alpha value is -2.76. The van der Waals surface area contributed by atoms with Gasteiger partial charge in [-0.25, -0.2) is 13.8 Å². The number of rotatable bonds is 3. The van der Waals surface area contributed by atoms with Gasteiger partial charge < -0.3 is 9.72 Å². The molecule has 3 aromatic rings. The van der Waals surface area contributed by atoms with E-state index in [1.807, 2.05) is 35.7 Å². The number of carbonyl (C=O) groups excluding carboxylic acids is 1. The van der Waals surface area contributed by atoms with Crippen LogP contribution in [-0.2, 0) is 6.54 Å². The fraction of sp³-hybridized carbons (Fsp3) is 0.125. The minimum atomic E-state index is -1.04. The number of hydrogen-bond acceptors (Lipinski definition) is 2. The summed E-state index contributed by atoms with van der Waals surface area (Å²) >= 11 is 0. The molecule has 0 atom stereocenters. The number of pyridine rings is 1. The number of amides is 1. The molecule has 0 radical (unpaired) electrons. The van der Waals surface area contributed by atoms with Crippen molar-refractivity contribution in [3.05, 3.63) is 71.2 Å². The first-order valence-corrected chi connectivity index (χ1v) is 6.72. The average Bonchev–Trinajstić information content (AvgIpc) is 2.83. The van der Waals surface area contributed by atoms with E-state index in [1.165, 1.54) is 6.07 Å². The van der Waals surface area contributed by atoms with E-state index in [1.54, 1.807) is 0 Å². The highest BCUT2D eigenvalue weighted by Gasteiger charge is 2.12. The van der Waals surface area contributed by atoms with Crippen LogP contribution in [0.2, 0.25) is 0 Å². The third kappa shape index (κ3) is 2.55. The molecule has 2 heterocycles. The molecule has 0 saturated carbocycles. The molecule has 0 aliphatic heterocycles. The SMILES string of the molecule is Cc1nc2ccccn2c1CNC(=O)c1ccc(F)c(F)c1. The zero-order valence-corrected chi connectivity index (χ0v) is 11.8. The summed E-state index contributed by atoms with van der Waals surface area (Å²) in [6, 6.07) is 8.68. The van der Waals surface area contributed by atoms with E-state index in [0.717, 1.165) is 29.2 Å². The number of hydrogen-bond donors (Lipinski definition) is 1. The van der Waals surface area contributed by atoms with Gasteiger partial charge in [0.1, 0.15) is 5.65 Å². The molecular weight excluding hydrogens is 288 g/mol. The van der Waals surface area contributed by atoms with Crippen LogP contribution in [0, 0.1) is 18.6 Å². The molecule has 0 aliphatic carbocycles. The van der Waals surface area contributed by atoms with Gasteiger partial charge in [0.05, 0.1) is 17.9 Å². The Morgan fingerprint density at radius 1 is 1.23 bits per heavy atom. The van der Waals surface area contributed by atoms with Crippen LogP contribution >= 0.6 is 0 Å². The van der Waals surface area contributed by atoms with E-state index in [9.17, 15) is 13.6 Å². The van der Waals surface area contributed by atoms with E-state index in [-0.39, 0.29) is 12.1 Å². The van der Waals surface area contributed by atoms with Gasteiger partial charge in [0.2, 0.25) is 0 Å². The number of aryl methyl sites for hydroxylation is 1. The van der Waals surface area contributed by atoms with Crippen LogP contribution in [0.25, 0.3) is 5.65 Å². The smallest absolute Gasteiger partial charge is 0.251 e. The molecule has 0 aliphatic rings. The van der Waals surface area contributed by atoms with E-state index >= 15 is 0 Å². The van der Waals surface area contributed by atoms with E-state index < -0.39 is 17.5 Å². The number of aromatic nitrogens is 2. The van der Waals surface area contributed by atoms with E-state index in [0.29, 0.717) is 0 Å². The molecule has 1 amide bonds. The molecule has 4 nitrogen and oxygen atoms in total. The lowest BCUT2D eigenvalue weighted by molar-refractivity contribution is 0.0949. The minimum Gasteiger partial charge on any atom is -0.346 e. The monoisotopic (exact) mass is 301 g/mol. The van der Waals surface area contributed by atoms with Crippen LogP contribution in [0.3, 0.4) is 0 Å². The standard InChI is InChI=1S/C16H13F2N3O/c1-10-14(21-7-3-2-4-15(21)20-10)9-19-16(22)11-5-6-12(17)13(18)8-11/h2-8H,9H2,1H3,(H,19,22). The van der Waals surface area contributed by atoms with Crippen molar-refractivity contribution in [2.45, 2.75) is 13.5 Å². The van der Waals surface area contributed by atoms with Crippen molar-refractivity contribution < 1.29 is 13.6 Å². The number of fused-ring (bicyclic) bond motifs is 1. The maximum atomic E-state index is 13.2. The molecule has 22 heavy (non-hydrogen) atoms. The number of imidazole rings is 1.